The lowest BCUT2D eigenvalue weighted by Gasteiger charge is -2.28. The fourth-order valence-corrected chi connectivity index (χ4v) is 3.04. The number of carboxylic acids is 1. The standard InChI is InChI=1S/C16H20N2O6/c1-10(2)16(15(20)21)6-7-17(9-16)14(19)12-8-11(24-3)4-5-13(12)18(22)23/h4-5,8,10H,6-7,9H2,1-3H3,(H,20,21). The Hall–Kier alpha value is -2.64. The number of nitro groups is 1. The lowest BCUT2D eigenvalue weighted by Crippen LogP contribution is -2.40. The van der Waals surface area contributed by atoms with E-state index in [-0.39, 0.29) is 30.3 Å². The van der Waals surface area contributed by atoms with Crippen molar-refractivity contribution in [3.63, 3.8) is 0 Å². The SMILES string of the molecule is COc1ccc([N+](=O)[O-])c(C(=O)N2CCC(C(=O)O)(C(C)C)C2)c1. The summed E-state index contributed by atoms with van der Waals surface area (Å²) in [6.07, 6.45) is 0.323. The van der Waals surface area contributed by atoms with Gasteiger partial charge in [0.25, 0.3) is 11.6 Å². The van der Waals surface area contributed by atoms with Gasteiger partial charge in [-0.2, -0.15) is 0 Å². The number of carbonyl (C=O) groups is 2. The highest BCUT2D eigenvalue weighted by atomic mass is 16.6. The highest BCUT2D eigenvalue weighted by Gasteiger charge is 2.49. The molecule has 8 heteroatoms. The van der Waals surface area contributed by atoms with Gasteiger partial charge in [-0.25, -0.2) is 0 Å². The zero-order valence-corrected chi connectivity index (χ0v) is 13.8. The molecule has 8 nitrogen and oxygen atoms in total. The Morgan fingerprint density at radius 1 is 1.42 bits per heavy atom. The summed E-state index contributed by atoms with van der Waals surface area (Å²) < 4.78 is 5.03. The number of nitrogens with zero attached hydrogens (tertiary/aromatic N) is 2. The van der Waals surface area contributed by atoms with Gasteiger partial charge in [-0.15, -0.1) is 0 Å². The Kier molecular flexibility index (Phi) is 4.77. The number of benzene rings is 1. The summed E-state index contributed by atoms with van der Waals surface area (Å²) in [5.41, 5.74) is -1.44. The molecule has 0 radical (unpaired) electrons. The minimum absolute atomic E-state index is 0.0349. The summed E-state index contributed by atoms with van der Waals surface area (Å²) >= 11 is 0. The van der Waals surface area contributed by atoms with Gasteiger partial charge >= 0.3 is 5.97 Å². The zero-order chi connectivity index (χ0) is 18.1. The number of ether oxygens (including phenoxy) is 1. The molecule has 0 aromatic heterocycles. The third-order valence-electron chi connectivity index (χ3n) is 4.75. The molecule has 1 aliphatic heterocycles. The first-order valence-corrected chi connectivity index (χ1v) is 7.58. The second-order valence-corrected chi connectivity index (χ2v) is 6.23. The van der Waals surface area contributed by atoms with Gasteiger partial charge in [-0.1, -0.05) is 13.8 Å². The molecule has 1 aromatic carbocycles. The van der Waals surface area contributed by atoms with Gasteiger partial charge < -0.3 is 14.7 Å². The lowest BCUT2D eigenvalue weighted by atomic mass is 9.76. The number of nitro benzene ring substituents is 1. The van der Waals surface area contributed by atoms with Crippen LogP contribution in [0.2, 0.25) is 0 Å². The normalized spacial score (nSPS) is 20.2. The van der Waals surface area contributed by atoms with Crippen LogP contribution in [0.15, 0.2) is 18.2 Å². The highest BCUT2D eigenvalue weighted by molar-refractivity contribution is 5.99. The first-order chi connectivity index (χ1) is 11.2. The topological polar surface area (TPSA) is 110 Å². The van der Waals surface area contributed by atoms with Crippen molar-refractivity contribution in [2.24, 2.45) is 11.3 Å². The van der Waals surface area contributed by atoms with E-state index in [1.807, 2.05) is 0 Å². The molecule has 0 bridgehead atoms. The Morgan fingerprint density at radius 2 is 2.08 bits per heavy atom. The number of hydrogen-bond donors (Lipinski definition) is 1. The fourth-order valence-electron chi connectivity index (χ4n) is 3.04. The second kappa shape index (κ2) is 6.46. The molecular weight excluding hydrogens is 316 g/mol. The van der Waals surface area contributed by atoms with Crippen LogP contribution in [-0.2, 0) is 4.79 Å². The fraction of sp³-hybridized carbons (Fsp3) is 0.500. The van der Waals surface area contributed by atoms with Crippen LogP contribution in [0.5, 0.6) is 5.75 Å². The van der Waals surface area contributed by atoms with Gasteiger partial charge in [0.1, 0.15) is 11.3 Å². The smallest absolute Gasteiger partial charge is 0.311 e. The van der Waals surface area contributed by atoms with E-state index in [1.54, 1.807) is 13.8 Å². The number of amides is 1. The van der Waals surface area contributed by atoms with Crippen LogP contribution >= 0.6 is 0 Å². The van der Waals surface area contributed by atoms with Gasteiger partial charge in [-0.05, 0) is 24.5 Å². The quantitative estimate of drug-likeness (QED) is 0.652. The molecule has 130 valence electrons. The van der Waals surface area contributed by atoms with E-state index in [0.29, 0.717) is 12.2 Å². The van der Waals surface area contributed by atoms with E-state index >= 15 is 0 Å². The number of carbonyl (C=O) groups excluding carboxylic acids is 1. The van der Waals surface area contributed by atoms with Crippen molar-refractivity contribution in [2.75, 3.05) is 20.2 Å². The lowest BCUT2D eigenvalue weighted by molar-refractivity contribution is -0.385. The number of aliphatic carboxylic acids is 1. The molecule has 1 aromatic rings. The predicted molar refractivity (Wildman–Crippen MR) is 85.1 cm³/mol. The number of hydrogen-bond acceptors (Lipinski definition) is 5. The molecule has 1 N–H and O–H groups in total. The molecule has 0 aliphatic carbocycles. The number of carboxylic acid groups (broad SMARTS) is 1. The van der Waals surface area contributed by atoms with E-state index < -0.39 is 22.2 Å². The van der Waals surface area contributed by atoms with Crippen molar-refractivity contribution in [1.29, 1.82) is 0 Å². The highest BCUT2D eigenvalue weighted by Crippen LogP contribution is 2.39. The van der Waals surface area contributed by atoms with Crippen LogP contribution in [0.25, 0.3) is 0 Å². The van der Waals surface area contributed by atoms with Crippen molar-refractivity contribution >= 4 is 17.6 Å². The molecule has 1 amide bonds. The molecule has 1 aliphatic rings. The predicted octanol–water partition coefficient (Wildman–Crippen LogP) is 2.18. The maximum atomic E-state index is 12.7. The zero-order valence-electron chi connectivity index (χ0n) is 13.8. The Morgan fingerprint density at radius 3 is 2.54 bits per heavy atom. The first-order valence-electron chi connectivity index (χ1n) is 7.58. The van der Waals surface area contributed by atoms with E-state index in [0.717, 1.165) is 0 Å². The molecule has 1 heterocycles. The third kappa shape index (κ3) is 2.91. The van der Waals surface area contributed by atoms with E-state index in [9.17, 15) is 24.8 Å². The average molecular weight is 336 g/mol. The molecule has 0 spiro atoms. The molecule has 1 unspecified atom stereocenters. The second-order valence-electron chi connectivity index (χ2n) is 6.23. The van der Waals surface area contributed by atoms with Gasteiger partial charge in [0.2, 0.25) is 0 Å². The van der Waals surface area contributed by atoms with Crippen molar-refractivity contribution < 1.29 is 24.4 Å². The molecule has 0 saturated carbocycles. The summed E-state index contributed by atoms with van der Waals surface area (Å²) in [4.78, 5) is 36.4. The summed E-state index contributed by atoms with van der Waals surface area (Å²) in [6, 6.07) is 3.94. The minimum Gasteiger partial charge on any atom is -0.497 e. The molecule has 2 rings (SSSR count). The monoisotopic (exact) mass is 336 g/mol. The molecule has 24 heavy (non-hydrogen) atoms. The largest absolute Gasteiger partial charge is 0.497 e. The Labute approximate surface area is 139 Å². The number of likely N-dealkylation sites (tertiary alicyclic amines) is 1. The van der Waals surface area contributed by atoms with Gasteiger partial charge in [0, 0.05) is 19.2 Å². The Bertz CT molecular complexity index is 687. The number of rotatable bonds is 5. The summed E-state index contributed by atoms with van der Waals surface area (Å²) in [7, 11) is 1.40. The average Bonchev–Trinajstić information content (AvgIpc) is 3.00. The first kappa shape index (κ1) is 17.7. The van der Waals surface area contributed by atoms with Crippen molar-refractivity contribution in [3.05, 3.63) is 33.9 Å². The minimum atomic E-state index is -1.02. The Balaban J connectivity index is 2.37. The van der Waals surface area contributed by atoms with Crippen LogP contribution in [0.1, 0.15) is 30.6 Å². The van der Waals surface area contributed by atoms with Gasteiger partial charge in [0.15, 0.2) is 0 Å². The summed E-state index contributed by atoms with van der Waals surface area (Å²) in [5, 5.41) is 20.7. The third-order valence-corrected chi connectivity index (χ3v) is 4.75. The van der Waals surface area contributed by atoms with Gasteiger partial charge in [0.05, 0.1) is 17.4 Å². The number of methoxy groups -OCH3 is 1. The van der Waals surface area contributed by atoms with Crippen LogP contribution in [0, 0.1) is 21.4 Å². The van der Waals surface area contributed by atoms with E-state index in [1.165, 1.54) is 30.2 Å². The van der Waals surface area contributed by atoms with E-state index in [2.05, 4.69) is 0 Å². The summed E-state index contributed by atoms with van der Waals surface area (Å²) in [6.45, 7) is 3.89. The van der Waals surface area contributed by atoms with Crippen LogP contribution in [0.3, 0.4) is 0 Å². The molecular formula is C16H20N2O6. The van der Waals surface area contributed by atoms with E-state index in [4.69, 9.17) is 4.74 Å². The molecule has 1 fully saturated rings. The van der Waals surface area contributed by atoms with Crippen molar-refractivity contribution in [2.45, 2.75) is 20.3 Å². The van der Waals surface area contributed by atoms with Crippen LogP contribution in [0.4, 0.5) is 5.69 Å². The van der Waals surface area contributed by atoms with Crippen LogP contribution in [-0.4, -0.2) is 47.0 Å². The van der Waals surface area contributed by atoms with Crippen molar-refractivity contribution in [1.82, 2.24) is 4.90 Å². The molecule has 1 atom stereocenters. The molecule has 1 saturated heterocycles. The maximum absolute atomic E-state index is 12.7. The maximum Gasteiger partial charge on any atom is 0.311 e. The summed E-state index contributed by atoms with van der Waals surface area (Å²) in [5.74, 6) is -1.33. The van der Waals surface area contributed by atoms with Crippen molar-refractivity contribution in [3.8, 4) is 5.75 Å². The van der Waals surface area contributed by atoms with Gasteiger partial charge in [-0.3, -0.25) is 19.7 Å². The van der Waals surface area contributed by atoms with Crippen LogP contribution < -0.4 is 4.74 Å².